The van der Waals surface area contributed by atoms with Crippen molar-refractivity contribution in [3.8, 4) is 0 Å². The molecule has 1 saturated heterocycles. The molecule has 1 aliphatic rings. The van der Waals surface area contributed by atoms with Crippen molar-refractivity contribution in [1.82, 2.24) is 0 Å². The maximum atomic E-state index is 12.8. The van der Waals surface area contributed by atoms with Gasteiger partial charge in [-0.3, -0.25) is 9.59 Å². The summed E-state index contributed by atoms with van der Waals surface area (Å²) in [5, 5.41) is 40.2. The zero-order valence-corrected chi connectivity index (χ0v) is 39.8. The van der Waals surface area contributed by atoms with Crippen LogP contribution >= 0.6 is 0 Å². The second-order valence-corrected chi connectivity index (χ2v) is 17.2. The van der Waals surface area contributed by atoms with Crippen LogP contribution in [0.4, 0.5) is 0 Å². The van der Waals surface area contributed by atoms with Gasteiger partial charge in [0.15, 0.2) is 12.4 Å². The first-order valence-corrected chi connectivity index (χ1v) is 25.4. The van der Waals surface area contributed by atoms with Gasteiger partial charge in [-0.1, -0.05) is 177 Å². The lowest BCUT2D eigenvalue weighted by atomic mass is 9.99. The van der Waals surface area contributed by atoms with Gasteiger partial charge in [0, 0.05) is 12.8 Å². The summed E-state index contributed by atoms with van der Waals surface area (Å²) in [5.41, 5.74) is 0. The molecular weight excluding hydrogens is 797 g/mol. The maximum absolute atomic E-state index is 12.8. The molecule has 0 aromatic carbocycles. The van der Waals surface area contributed by atoms with Crippen molar-refractivity contribution in [3.05, 3.63) is 60.8 Å². The third kappa shape index (κ3) is 34.4. The van der Waals surface area contributed by atoms with E-state index < -0.39 is 49.4 Å². The minimum Gasteiger partial charge on any atom is -0.462 e. The monoisotopic (exact) mass is 889 g/mol. The molecular formula is C53H92O10. The molecule has 0 bridgehead atoms. The number of aliphatic hydroxyl groups is 4. The van der Waals surface area contributed by atoms with Crippen LogP contribution in [-0.2, 0) is 28.5 Å². The molecule has 1 rings (SSSR count). The quantitative estimate of drug-likeness (QED) is 0.0265. The fraction of sp³-hybridized carbons (Fsp3) is 0.774. The Bertz CT molecular complexity index is 1210. The van der Waals surface area contributed by atoms with Crippen LogP contribution in [0.3, 0.4) is 0 Å². The first kappa shape index (κ1) is 58.4. The number of ether oxygens (including phenoxy) is 4. The minimum absolute atomic E-state index is 0.200. The molecule has 364 valence electrons. The van der Waals surface area contributed by atoms with Gasteiger partial charge < -0.3 is 39.4 Å². The lowest BCUT2D eigenvalue weighted by molar-refractivity contribution is -0.305. The molecule has 0 saturated carbocycles. The highest BCUT2D eigenvalue weighted by Gasteiger charge is 2.44. The van der Waals surface area contributed by atoms with E-state index in [1.165, 1.54) is 96.3 Å². The number of unbranched alkanes of at least 4 members (excludes halogenated alkanes) is 21. The Morgan fingerprint density at radius 2 is 0.937 bits per heavy atom. The molecule has 0 aromatic rings. The Labute approximate surface area is 383 Å². The number of carbonyl (C=O) groups excluding carboxylic acids is 2. The highest BCUT2D eigenvalue weighted by atomic mass is 16.7. The molecule has 6 unspecified atom stereocenters. The summed E-state index contributed by atoms with van der Waals surface area (Å²) in [6.07, 6.45) is 46.6. The Hall–Kier alpha value is -2.60. The molecule has 0 spiro atoms. The highest BCUT2D eigenvalue weighted by Crippen LogP contribution is 2.23. The molecule has 4 N–H and O–H groups in total. The van der Waals surface area contributed by atoms with Crippen molar-refractivity contribution in [2.75, 3.05) is 19.8 Å². The Kier molecular flexibility index (Phi) is 40.2. The summed E-state index contributed by atoms with van der Waals surface area (Å²) in [5.74, 6) is -0.836. The lowest BCUT2D eigenvalue weighted by Crippen LogP contribution is -2.59. The molecule has 1 fully saturated rings. The molecule has 0 aromatic heterocycles. The van der Waals surface area contributed by atoms with Crippen LogP contribution in [0.2, 0.25) is 0 Å². The van der Waals surface area contributed by atoms with E-state index in [4.69, 9.17) is 18.9 Å². The van der Waals surface area contributed by atoms with Gasteiger partial charge in [0.2, 0.25) is 0 Å². The fourth-order valence-electron chi connectivity index (χ4n) is 7.41. The van der Waals surface area contributed by atoms with Gasteiger partial charge in [-0.05, 0) is 77.0 Å². The molecule has 63 heavy (non-hydrogen) atoms. The van der Waals surface area contributed by atoms with E-state index >= 15 is 0 Å². The summed E-state index contributed by atoms with van der Waals surface area (Å²) in [7, 11) is 0. The summed E-state index contributed by atoms with van der Waals surface area (Å²) in [4.78, 5) is 25.4. The molecule has 1 aliphatic heterocycles. The van der Waals surface area contributed by atoms with Crippen LogP contribution in [0, 0.1) is 0 Å². The zero-order chi connectivity index (χ0) is 45.9. The average molecular weight is 889 g/mol. The van der Waals surface area contributed by atoms with Crippen molar-refractivity contribution in [2.24, 2.45) is 0 Å². The standard InChI is InChI=1S/C53H92O10/c1-3-5-7-9-11-13-15-17-19-21-22-23-24-26-27-29-31-33-35-37-39-41-48(55)60-44-46(45-61-53-52(59)51(58)50(57)47(43-54)63-53)62-49(56)42-40-38-36-34-32-30-28-25-20-18-16-14-12-10-8-6-4-2/h6,8,12,14,18,20-22,28,30,46-47,50-54,57-59H,3-5,7,9-11,13,15-17,19,23-27,29,31-45H2,1-2H3/b8-6-,14-12-,20-18-,22-21-,30-28-. The van der Waals surface area contributed by atoms with Crippen molar-refractivity contribution in [3.63, 3.8) is 0 Å². The normalized spacial score (nSPS) is 20.0. The van der Waals surface area contributed by atoms with Crippen LogP contribution < -0.4 is 0 Å². The van der Waals surface area contributed by atoms with Crippen molar-refractivity contribution >= 4 is 11.9 Å². The predicted molar refractivity (Wildman–Crippen MR) is 256 cm³/mol. The van der Waals surface area contributed by atoms with Gasteiger partial charge in [0.05, 0.1) is 13.2 Å². The Morgan fingerprint density at radius 1 is 0.508 bits per heavy atom. The van der Waals surface area contributed by atoms with Gasteiger partial charge in [-0.2, -0.15) is 0 Å². The minimum atomic E-state index is -1.60. The van der Waals surface area contributed by atoms with Gasteiger partial charge in [0.1, 0.15) is 31.0 Å². The number of carbonyl (C=O) groups is 2. The number of hydrogen-bond acceptors (Lipinski definition) is 10. The second-order valence-electron chi connectivity index (χ2n) is 17.2. The van der Waals surface area contributed by atoms with Crippen LogP contribution in [0.15, 0.2) is 60.8 Å². The Balaban J connectivity index is 2.28. The van der Waals surface area contributed by atoms with Crippen molar-refractivity contribution in [2.45, 2.75) is 243 Å². The number of hydrogen-bond donors (Lipinski definition) is 4. The lowest BCUT2D eigenvalue weighted by Gasteiger charge is -2.39. The second kappa shape index (κ2) is 43.3. The molecule has 6 atom stereocenters. The van der Waals surface area contributed by atoms with Crippen LogP contribution in [0.5, 0.6) is 0 Å². The summed E-state index contributed by atoms with van der Waals surface area (Å²) >= 11 is 0. The summed E-state index contributed by atoms with van der Waals surface area (Å²) in [6, 6.07) is 0. The Morgan fingerprint density at radius 3 is 1.43 bits per heavy atom. The van der Waals surface area contributed by atoms with Crippen LogP contribution in [0.25, 0.3) is 0 Å². The van der Waals surface area contributed by atoms with Crippen molar-refractivity contribution < 1.29 is 49.0 Å². The molecule has 10 heteroatoms. The topological polar surface area (TPSA) is 152 Å². The average Bonchev–Trinajstić information content (AvgIpc) is 3.28. The van der Waals surface area contributed by atoms with E-state index in [9.17, 15) is 30.0 Å². The van der Waals surface area contributed by atoms with E-state index in [2.05, 4.69) is 74.6 Å². The summed E-state index contributed by atoms with van der Waals surface area (Å²) in [6.45, 7) is 3.30. The van der Waals surface area contributed by atoms with E-state index in [0.717, 1.165) is 77.0 Å². The number of rotatable bonds is 42. The van der Waals surface area contributed by atoms with Crippen LogP contribution in [-0.4, -0.2) is 89.0 Å². The van der Waals surface area contributed by atoms with Crippen molar-refractivity contribution in [1.29, 1.82) is 0 Å². The molecule has 0 aliphatic carbocycles. The highest BCUT2D eigenvalue weighted by molar-refractivity contribution is 5.70. The summed E-state index contributed by atoms with van der Waals surface area (Å²) < 4.78 is 22.2. The van der Waals surface area contributed by atoms with Gasteiger partial charge in [-0.15, -0.1) is 0 Å². The molecule has 0 radical (unpaired) electrons. The third-order valence-electron chi connectivity index (χ3n) is 11.4. The predicted octanol–water partition coefficient (Wildman–Crippen LogP) is 11.8. The van der Waals surface area contributed by atoms with Gasteiger partial charge in [-0.25, -0.2) is 0 Å². The van der Waals surface area contributed by atoms with Gasteiger partial charge >= 0.3 is 11.9 Å². The smallest absolute Gasteiger partial charge is 0.306 e. The first-order chi connectivity index (χ1) is 30.8. The molecule has 0 amide bonds. The molecule has 10 nitrogen and oxygen atoms in total. The van der Waals surface area contributed by atoms with E-state index in [-0.39, 0.29) is 32.0 Å². The zero-order valence-electron chi connectivity index (χ0n) is 39.8. The fourth-order valence-corrected chi connectivity index (χ4v) is 7.41. The van der Waals surface area contributed by atoms with E-state index in [1.807, 2.05) is 0 Å². The largest absolute Gasteiger partial charge is 0.462 e. The van der Waals surface area contributed by atoms with E-state index in [0.29, 0.717) is 6.42 Å². The molecule has 1 heterocycles. The third-order valence-corrected chi connectivity index (χ3v) is 11.4. The number of esters is 2. The maximum Gasteiger partial charge on any atom is 0.306 e. The first-order valence-electron chi connectivity index (χ1n) is 25.4. The number of aliphatic hydroxyl groups excluding tert-OH is 4. The van der Waals surface area contributed by atoms with E-state index in [1.54, 1.807) is 0 Å². The van der Waals surface area contributed by atoms with Gasteiger partial charge in [0.25, 0.3) is 0 Å². The number of allylic oxidation sites excluding steroid dienone is 10. The van der Waals surface area contributed by atoms with Crippen LogP contribution in [0.1, 0.15) is 206 Å². The SMILES string of the molecule is CC/C=C\C/C=C\C/C=C\C/C=C\CCCCCCC(=O)OC(COC(=O)CCCCCCCCCCC/C=C\CCCCCCCCCC)COC1OC(CO)C(O)C(O)C1O.